The predicted molar refractivity (Wildman–Crippen MR) is 114 cm³/mol. The summed E-state index contributed by atoms with van der Waals surface area (Å²) in [6.07, 6.45) is 6.94. The number of aliphatic hydroxyl groups excluding tert-OH is 2. The van der Waals surface area contributed by atoms with Gasteiger partial charge in [-0.15, -0.1) is 0 Å². The van der Waals surface area contributed by atoms with Crippen LogP contribution in [0, 0.1) is 40.4 Å². The van der Waals surface area contributed by atoms with Crippen molar-refractivity contribution in [3.63, 3.8) is 0 Å². The fourth-order valence-electron chi connectivity index (χ4n) is 8.21. The lowest BCUT2D eigenvalue weighted by molar-refractivity contribution is -0.188. The van der Waals surface area contributed by atoms with Crippen LogP contribution in [0.5, 0.6) is 0 Å². The summed E-state index contributed by atoms with van der Waals surface area (Å²) in [5, 5.41) is 29.7. The number of nitrogens with zero attached hydrogens (tertiary/aromatic N) is 1. The van der Waals surface area contributed by atoms with E-state index in [2.05, 4.69) is 24.3 Å². The van der Waals surface area contributed by atoms with E-state index in [1.165, 1.54) is 0 Å². The third-order valence-corrected chi connectivity index (χ3v) is 10.1. The third-order valence-electron chi connectivity index (χ3n) is 10.1. The van der Waals surface area contributed by atoms with Gasteiger partial charge < -0.3 is 20.4 Å². The summed E-state index contributed by atoms with van der Waals surface area (Å²) >= 11 is 0. The van der Waals surface area contributed by atoms with Gasteiger partial charge in [0.15, 0.2) is 0 Å². The van der Waals surface area contributed by atoms with Crippen molar-refractivity contribution < 1.29 is 19.8 Å². The number of Topliss-reactive ketones (excluding diaryl/α,β-unsaturated/α-hetero) is 1. The molecule has 1 saturated heterocycles. The van der Waals surface area contributed by atoms with Crippen LogP contribution in [0.25, 0.3) is 0 Å². The Morgan fingerprint density at radius 1 is 1.13 bits per heavy atom. The van der Waals surface area contributed by atoms with Gasteiger partial charge >= 0.3 is 0 Å². The Hall–Kier alpha value is -0.980. The molecule has 5 fully saturated rings. The highest BCUT2D eigenvalue weighted by atomic mass is 16.6. The summed E-state index contributed by atoms with van der Waals surface area (Å²) < 4.78 is 0. The number of hydrogen-bond donors (Lipinski definition) is 3. The second kappa shape index (κ2) is 7.56. The van der Waals surface area contributed by atoms with Crippen molar-refractivity contribution in [2.24, 2.45) is 45.6 Å². The lowest BCUT2D eigenvalue weighted by Gasteiger charge is -2.63. The Balaban J connectivity index is 1.41. The molecule has 0 aromatic rings. The molecule has 0 bridgehead atoms. The van der Waals surface area contributed by atoms with Crippen LogP contribution in [0.1, 0.15) is 65.2 Å². The highest BCUT2D eigenvalue weighted by Gasteiger charge is 2.64. The maximum atomic E-state index is 12.7. The minimum absolute atomic E-state index is 0.00268. The van der Waals surface area contributed by atoms with Crippen molar-refractivity contribution in [1.29, 1.82) is 0 Å². The van der Waals surface area contributed by atoms with E-state index in [9.17, 15) is 15.0 Å². The van der Waals surface area contributed by atoms with Gasteiger partial charge in [0.2, 0.25) is 0 Å². The average Bonchev–Trinajstić information content (AvgIpc) is 3.36. The van der Waals surface area contributed by atoms with E-state index in [-0.39, 0.29) is 47.2 Å². The molecule has 0 aromatic carbocycles. The normalized spacial score (nSPS) is 52.1. The van der Waals surface area contributed by atoms with Gasteiger partial charge in [0.05, 0.1) is 11.8 Å². The van der Waals surface area contributed by atoms with Gasteiger partial charge in [0.1, 0.15) is 11.9 Å². The molecule has 5 unspecified atom stereocenters. The first-order valence-corrected chi connectivity index (χ1v) is 12.1. The number of carbonyl (C=O) groups excluding carboxylic acids is 1. The topological polar surface area (TPSA) is 91.2 Å². The zero-order valence-electron chi connectivity index (χ0n) is 18.5. The maximum absolute atomic E-state index is 12.7. The van der Waals surface area contributed by atoms with Crippen LogP contribution >= 0.6 is 0 Å². The van der Waals surface area contributed by atoms with Crippen LogP contribution in [0.4, 0.5) is 0 Å². The summed E-state index contributed by atoms with van der Waals surface area (Å²) in [5.74, 6) is 1.28. The van der Waals surface area contributed by atoms with Gasteiger partial charge in [-0.25, -0.2) is 0 Å². The van der Waals surface area contributed by atoms with Crippen LogP contribution in [0.3, 0.4) is 0 Å². The molecule has 6 nitrogen and oxygen atoms in total. The number of ketones is 1. The molecule has 5 aliphatic rings. The number of aliphatic hydroxyl groups is 2. The SMILES string of the molecule is C[C@]12CCC(=NOC3CCNC3)CC1[C@@H](CO)[C@@H](O)C1C2CC[C@]2(C)C(=O)CCC12. The molecule has 0 radical (unpaired) electrons. The van der Waals surface area contributed by atoms with Crippen molar-refractivity contribution >= 4 is 11.5 Å². The van der Waals surface area contributed by atoms with Crippen molar-refractivity contribution in [2.45, 2.75) is 77.4 Å². The van der Waals surface area contributed by atoms with Crippen LogP contribution in [-0.4, -0.2) is 53.6 Å². The van der Waals surface area contributed by atoms with Crippen molar-refractivity contribution in [2.75, 3.05) is 19.7 Å². The maximum Gasteiger partial charge on any atom is 0.141 e. The quantitative estimate of drug-likeness (QED) is 0.613. The monoisotopic (exact) mass is 418 g/mol. The Morgan fingerprint density at radius 3 is 2.70 bits per heavy atom. The standard InChI is InChI=1S/C24H38N2O4/c1-23-8-5-14(26-30-15-7-10-25-12-15)11-19(23)16(13-27)22(29)21-17-3-4-20(28)24(17,2)9-6-18(21)23/h15-19,21-22,25,27,29H,3-13H2,1-2H3/t15?,16-,17?,18?,19?,21?,22-,23-,24+/m1/s1. The molecule has 0 spiro atoms. The van der Waals surface area contributed by atoms with E-state index < -0.39 is 6.10 Å². The van der Waals surface area contributed by atoms with Crippen LogP contribution < -0.4 is 5.32 Å². The molecule has 1 aliphatic heterocycles. The van der Waals surface area contributed by atoms with Gasteiger partial charge in [0.25, 0.3) is 0 Å². The second-order valence-electron chi connectivity index (χ2n) is 11.2. The first-order chi connectivity index (χ1) is 14.4. The lowest BCUT2D eigenvalue weighted by atomic mass is 9.42. The fourth-order valence-corrected chi connectivity index (χ4v) is 8.21. The molecule has 6 heteroatoms. The van der Waals surface area contributed by atoms with Gasteiger partial charge in [-0.1, -0.05) is 19.0 Å². The highest BCUT2D eigenvalue weighted by molar-refractivity contribution is 5.87. The Kier molecular flexibility index (Phi) is 5.27. The minimum Gasteiger partial charge on any atom is -0.396 e. The molecule has 0 aromatic heterocycles. The van der Waals surface area contributed by atoms with Crippen LogP contribution in [0.2, 0.25) is 0 Å². The van der Waals surface area contributed by atoms with Crippen molar-refractivity contribution in [1.82, 2.24) is 5.32 Å². The smallest absolute Gasteiger partial charge is 0.141 e. The van der Waals surface area contributed by atoms with E-state index in [4.69, 9.17) is 4.84 Å². The van der Waals surface area contributed by atoms with Crippen LogP contribution in [0.15, 0.2) is 5.16 Å². The van der Waals surface area contributed by atoms with Crippen LogP contribution in [-0.2, 0) is 9.63 Å². The molecule has 30 heavy (non-hydrogen) atoms. The molecular weight excluding hydrogens is 380 g/mol. The highest BCUT2D eigenvalue weighted by Crippen LogP contribution is 2.66. The predicted octanol–water partition coefficient (Wildman–Crippen LogP) is 2.52. The lowest BCUT2D eigenvalue weighted by Crippen LogP contribution is -2.62. The molecule has 9 atom stereocenters. The van der Waals surface area contributed by atoms with Gasteiger partial charge in [-0.05, 0) is 74.2 Å². The molecular formula is C24H38N2O4. The second-order valence-corrected chi connectivity index (χ2v) is 11.2. The molecule has 5 rings (SSSR count). The average molecular weight is 419 g/mol. The Labute approximate surface area is 179 Å². The van der Waals surface area contributed by atoms with Gasteiger partial charge in [0, 0.05) is 37.3 Å². The van der Waals surface area contributed by atoms with E-state index >= 15 is 0 Å². The molecule has 4 aliphatic carbocycles. The van der Waals surface area contributed by atoms with Gasteiger partial charge in [-0.2, -0.15) is 0 Å². The molecule has 3 N–H and O–H groups in total. The number of oxime groups is 1. The number of hydrogen-bond acceptors (Lipinski definition) is 6. The third kappa shape index (κ3) is 3.01. The number of nitrogens with one attached hydrogen (secondary N) is 1. The number of rotatable bonds is 3. The minimum atomic E-state index is -0.534. The summed E-state index contributed by atoms with van der Waals surface area (Å²) in [5.41, 5.74) is 0.902. The van der Waals surface area contributed by atoms with Crippen molar-refractivity contribution in [3.05, 3.63) is 0 Å². The van der Waals surface area contributed by atoms with Gasteiger partial charge in [-0.3, -0.25) is 4.79 Å². The zero-order valence-corrected chi connectivity index (χ0v) is 18.5. The zero-order chi connectivity index (χ0) is 21.1. The first-order valence-electron chi connectivity index (χ1n) is 12.1. The Bertz CT molecular complexity index is 720. The van der Waals surface area contributed by atoms with E-state index in [1.807, 2.05) is 0 Å². The summed E-state index contributed by atoms with van der Waals surface area (Å²) in [7, 11) is 0. The number of carbonyl (C=O) groups is 1. The number of fused-ring (bicyclic) bond motifs is 5. The van der Waals surface area contributed by atoms with E-state index in [0.717, 1.165) is 63.7 Å². The largest absolute Gasteiger partial charge is 0.396 e. The summed E-state index contributed by atoms with van der Waals surface area (Å²) in [6, 6.07) is 0. The van der Waals surface area contributed by atoms with E-state index in [0.29, 0.717) is 18.1 Å². The van der Waals surface area contributed by atoms with Crippen molar-refractivity contribution in [3.8, 4) is 0 Å². The Morgan fingerprint density at radius 2 is 1.97 bits per heavy atom. The first kappa shape index (κ1) is 20.9. The molecule has 168 valence electrons. The molecule has 4 saturated carbocycles. The molecule has 1 heterocycles. The fraction of sp³-hybridized carbons (Fsp3) is 0.917. The molecule has 0 amide bonds. The summed E-state index contributed by atoms with van der Waals surface area (Å²) in [4.78, 5) is 18.5. The summed E-state index contributed by atoms with van der Waals surface area (Å²) in [6.45, 7) is 6.38. The van der Waals surface area contributed by atoms with E-state index in [1.54, 1.807) is 0 Å².